The van der Waals surface area contributed by atoms with Crippen LogP contribution in [0.4, 0.5) is 0 Å². The fraction of sp³-hybridized carbons (Fsp3) is 0.611. The zero-order chi connectivity index (χ0) is 18.9. The van der Waals surface area contributed by atoms with Gasteiger partial charge in [-0.25, -0.2) is 4.79 Å². The maximum Gasteiger partial charge on any atom is 0.355 e. The van der Waals surface area contributed by atoms with E-state index in [2.05, 4.69) is 0 Å². The first-order valence-corrected chi connectivity index (χ1v) is 8.95. The standard InChI is InChI=1S/C18H25ClN2O4/c1-6-25-18(24)16-10(2)15(12(4)20(16)5)14(22)9-21(13-7-8-13)17(23)11(3)19/h11,13H,6-9H2,1-5H3/t11-/m1/s1. The molecule has 0 unspecified atom stereocenters. The van der Waals surface area contributed by atoms with Crippen LogP contribution in [0.5, 0.6) is 0 Å². The molecule has 25 heavy (non-hydrogen) atoms. The highest BCUT2D eigenvalue weighted by Gasteiger charge is 2.36. The molecule has 138 valence electrons. The second kappa shape index (κ2) is 7.60. The van der Waals surface area contributed by atoms with Crippen molar-refractivity contribution in [1.29, 1.82) is 0 Å². The summed E-state index contributed by atoms with van der Waals surface area (Å²) in [5.41, 5.74) is 2.13. The molecule has 0 saturated heterocycles. The van der Waals surface area contributed by atoms with Gasteiger partial charge >= 0.3 is 5.97 Å². The van der Waals surface area contributed by atoms with Crippen molar-refractivity contribution in [2.45, 2.75) is 52.0 Å². The molecule has 1 amide bonds. The van der Waals surface area contributed by atoms with E-state index in [1.807, 2.05) is 0 Å². The number of Topliss-reactive ketones (excluding diaryl/α,β-unsaturated/α-hetero) is 1. The summed E-state index contributed by atoms with van der Waals surface area (Å²) in [6.45, 7) is 7.12. The molecule has 0 aromatic carbocycles. The minimum atomic E-state index is -0.665. The third-order valence-electron chi connectivity index (χ3n) is 4.60. The summed E-state index contributed by atoms with van der Waals surface area (Å²) in [6, 6.07) is 0.0894. The number of carbonyl (C=O) groups is 3. The van der Waals surface area contributed by atoms with Crippen LogP contribution in [0.2, 0.25) is 0 Å². The van der Waals surface area contributed by atoms with Gasteiger partial charge in [-0.3, -0.25) is 9.59 Å². The Labute approximate surface area is 153 Å². The number of esters is 1. The van der Waals surface area contributed by atoms with Crippen molar-refractivity contribution in [1.82, 2.24) is 9.47 Å². The monoisotopic (exact) mass is 368 g/mol. The molecule has 1 aliphatic rings. The van der Waals surface area contributed by atoms with E-state index in [9.17, 15) is 14.4 Å². The number of aromatic nitrogens is 1. The molecule has 7 heteroatoms. The minimum Gasteiger partial charge on any atom is -0.461 e. The Morgan fingerprint density at radius 1 is 1.32 bits per heavy atom. The first kappa shape index (κ1) is 19.5. The molecule has 1 aliphatic carbocycles. The average molecular weight is 369 g/mol. The topological polar surface area (TPSA) is 68.6 Å². The highest BCUT2D eigenvalue weighted by Crippen LogP contribution is 2.29. The fourth-order valence-corrected chi connectivity index (χ4v) is 3.24. The number of hydrogen-bond acceptors (Lipinski definition) is 4. The SMILES string of the molecule is CCOC(=O)c1c(C)c(C(=O)CN(C(=O)[C@@H](C)Cl)C2CC2)c(C)n1C. The molecule has 6 nitrogen and oxygen atoms in total. The summed E-state index contributed by atoms with van der Waals surface area (Å²) in [4.78, 5) is 38.9. The largest absolute Gasteiger partial charge is 0.461 e. The predicted octanol–water partition coefficient (Wildman–Crippen LogP) is 2.62. The first-order chi connectivity index (χ1) is 11.7. The van der Waals surface area contributed by atoms with Crippen molar-refractivity contribution in [2.75, 3.05) is 13.2 Å². The summed E-state index contributed by atoms with van der Waals surface area (Å²) in [5.74, 6) is -0.859. The lowest BCUT2D eigenvalue weighted by Crippen LogP contribution is -2.41. The zero-order valence-corrected chi connectivity index (χ0v) is 16.1. The fourth-order valence-electron chi connectivity index (χ4n) is 3.11. The van der Waals surface area contributed by atoms with E-state index < -0.39 is 11.3 Å². The van der Waals surface area contributed by atoms with Crippen molar-refractivity contribution in [2.24, 2.45) is 7.05 Å². The van der Waals surface area contributed by atoms with Crippen LogP contribution in [-0.2, 0) is 16.6 Å². The molecule has 1 aromatic rings. The van der Waals surface area contributed by atoms with Crippen LogP contribution in [0.3, 0.4) is 0 Å². The summed E-state index contributed by atoms with van der Waals surface area (Å²) < 4.78 is 6.76. The van der Waals surface area contributed by atoms with Gasteiger partial charge in [0.05, 0.1) is 13.2 Å². The molecule has 1 fully saturated rings. The van der Waals surface area contributed by atoms with Gasteiger partial charge in [-0.15, -0.1) is 11.6 Å². The third kappa shape index (κ3) is 3.89. The van der Waals surface area contributed by atoms with E-state index in [1.165, 1.54) is 0 Å². The van der Waals surface area contributed by atoms with E-state index in [0.29, 0.717) is 22.5 Å². The van der Waals surface area contributed by atoms with Gasteiger partial charge in [-0.2, -0.15) is 0 Å². The normalized spacial score (nSPS) is 15.0. The van der Waals surface area contributed by atoms with Gasteiger partial charge in [0.2, 0.25) is 5.91 Å². The molecule has 0 N–H and O–H groups in total. The molecule has 1 saturated carbocycles. The number of alkyl halides is 1. The molecule has 2 rings (SSSR count). The van der Waals surface area contributed by atoms with Gasteiger partial charge in [0.1, 0.15) is 11.1 Å². The number of carbonyl (C=O) groups excluding carboxylic acids is 3. The molecule has 0 spiro atoms. The summed E-state index contributed by atoms with van der Waals surface area (Å²) in [7, 11) is 1.73. The summed E-state index contributed by atoms with van der Waals surface area (Å²) >= 11 is 5.92. The molecule has 0 bridgehead atoms. The van der Waals surface area contributed by atoms with E-state index in [1.54, 1.807) is 44.2 Å². The van der Waals surface area contributed by atoms with Crippen molar-refractivity contribution in [3.05, 3.63) is 22.5 Å². The Bertz CT molecular complexity index is 704. The Hall–Kier alpha value is -1.82. The Balaban J connectivity index is 2.31. The van der Waals surface area contributed by atoms with E-state index in [-0.39, 0.29) is 30.9 Å². The lowest BCUT2D eigenvalue weighted by molar-refractivity contribution is -0.130. The van der Waals surface area contributed by atoms with Crippen LogP contribution < -0.4 is 0 Å². The maximum atomic E-state index is 12.9. The number of ether oxygens (including phenoxy) is 1. The number of rotatable bonds is 7. The summed E-state index contributed by atoms with van der Waals surface area (Å²) in [6.07, 6.45) is 1.78. The lowest BCUT2D eigenvalue weighted by atomic mass is 10.0. The number of amides is 1. The highest BCUT2D eigenvalue weighted by molar-refractivity contribution is 6.30. The van der Waals surface area contributed by atoms with Crippen LogP contribution in [0, 0.1) is 13.8 Å². The lowest BCUT2D eigenvalue weighted by Gasteiger charge is -2.23. The maximum absolute atomic E-state index is 12.9. The smallest absolute Gasteiger partial charge is 0.355 e. The van der Waals surface area contributed by atoms with Gasteiger partial charge in [-0.1, -0.05) is 0 Å². The average Bonchev–Trinajstić information content (AvgIpc) is 3.33. The molecular weight excluding hydrogens is 344 g/mol. The molecule has 0 radical (unpaired) electrons. The molecule has 0 aliphatic heterocycles. The van der Waals surface area contributed by atoms with E-state index in [0.717, 1.165) is 12.8 Å². The van der Waals surface area contributed by atoms with Crippen molar-refractivity contribution < 1.29 is 19.1 Å². The molecule has 1 aromatic heterocycles. The van der Waals surface area contributed by atoms with Crippen molar-refractivity contribution in [3.8, 4) is 0 Å². The van der Waals surface area contributed by atoms with Crippen molar-refractivity contribution in [3.63, 3.8) is 0 Å². The third-order valence-corrected chi connectivity index (χ3v) is 4.79. The molecule has 1 heterocycles. The highest BCUT2D eigenvalue weighted by atomic mass is 35.5. The Morgan fingerprint density at radius 2 is 1.92 bits per heavy atom. The minimum absolute atomic E-state index is 0.0193. The van der Waals surface area contributed by atoms with Gasteiger partial charge in [-0.05, 0) is 46.1 Å². The second-order valence-corrected chi connectivity index (χ2v) is 7.10. The van der Waals surface area contributed by atoms with Crippen LogP contribution in [0.1, 0.15) is 58.8 Å². The van der Waals surface area contributed by atoms with Gasteiger partial charge in [0.15, 0.2) is 5.78 Å². The van der Waals surface area contributed by atoms with Gasteiger partial charge in [0.25, 0.3) is 0 Å². The van der Waals surface area contributed by atoms with Crippen LogP contribution in [0.15, 0.2) is 0 Å². The van der Waals surface area contributed by atoms with Crippen molar-refractivity contribution >= 4 is 29.3 Å². The summed E-state index contributed by atoms with van der Waals surface area (Å²) in [5, 5.41) is -0.665. The second-order valence-electron chi connectivity index (χ2n) is 6.45. The number of hydrogen-bond donors (Lipinski definition) is 0. The van der Waals surface area contributed by atoms with Crippen LogP contribution in [-0.4, -0.2) is 51.7 Å². The Morgan fingerprint density at radius 3 is 2.40 bits per heavy atom. The zero-order valence-electron chi connectivity index (χ0n) is 15.4. The Kier molecular flexibility index (Phi) is 5.93. The number of ketones is 1. The molecular formula is C18H25ClN2O4. The van der Waals surface area contributed by atoms with Gasteiger partial charge < -0.3 is 14.2 Å². The molecule has 1 atom stereocenters. The first-order valence-electron chi connectivity index (χ1n) is 8.51. The predicted molar refractivity (Wildman–Crippen MR) is 95.2 cm³/mol. The number of nitrogens with zero attached hydrogens (tertiary/aromatic N) is 2. The number of halogens is 1. The van der Waals surface area contributed by atoms with Crippen LogP contribution in [0.25, 0.3) is 0 Å². The quantitative estimate of drug-likeness (QED) is 0.421. The van der Waals surface area contributed by atoms with Crippen LogP contribution >= 0.6 is 11.6 Å². The van der Waals surface area contributed by atoms with E-state index >= 15 is 0 Å². The van der Waals surface area contributed by atoms with Gasteiger partial charge in [0, 0.05) is 24.3 Å². The van der Waals surface area contributed by atoms with E-state index in [4.69, 9.17) is 16.3 Å².